The van der Waals surface area contributed by atoms with Crippen LogP contribution in [0.4, 0.5) is 11.6 Å². The van der Waals surface area contributed by atoms with Crippen molar-refractivity contribution < 1.29 is 0 Å². The summed E-state index contributed by atoms with van der Waals surface area (Å²) in [6, 6.07) is 0. The maximum absolute atomic E-state index is 5.97. The number of nitrogens with zero attached hydrogens (tertiary/aromatic N) is 3. The predicted molar refractivity (Wildman–Crippen MR) is 83.8 cm³/mol. The topological polar surface area (TPSA) is 67.1 Å². The molecule has 0 spiro atoms. The second kappa shape index (κ2) is 6.39. The summed E-state index contributed by atoms with van der Waals surface area (Å²) in [5, 5.41) is 3.51. The zero-order chi connectivity index (χ0) is 14.6. The van der Waals surface area contributed by atoms with E-state index in [2.05, 4.69) is 41.1 Å². The van der Waals surface area contributed by atoms with Gasteiger partial charge in [0, 0.05) is 12.1 Å². The van der Waals surface area contributed by atoms with Gasteiger partial charge in [0.1, 0.15) is 18.0 Å². The second-order valence-corrected chi connectivity index (χ2v) is 6.30. The zero-order valence-corrected chi connectivity index (χ0v) is 12.9. The summed E-state index contributed by atoms with van der Waals surface area (Å²) in [5.41, 5.74) is 7.37. The minimum Gasteiger partial charge on any atom is -0.383 e. The molecule has 2 heterocycles. The fraction of sp³-hybridized carbons (Fsp3) is 0.733. The van der Waals surface area contributed by atoms with Crippen molar-refractivity contribution >= 4 is 11.6 Å². The Bertz CT molecular complexity index is 438. The average molecular weight is 277 g/mol. The normalized spacial score (nSPS) is 18.9. The van der Waals surface area contributed by atoms with Crippen LogP contribution in [-0.2, 0) is 6.42 Å². The summed E-state index contributed by atoms with van der Waals surface area (Å²) in [6.45, 7) is 7.80. The molecule has 0 saturated carbocycles. The van der Waals surface area contributed by atoms with Gasteiger partial charge in [-0.1, -0.05) is 20.3 Å². The molecule has 0 bridgehead atoms. The van der Waals surface area contributed by atoms with Gasteiger partial charge in [0.2, 0.25) is 0 Å². The summed E-state index contributed by atoms with van der Waals surface area (Å²) in [7, 11) is 2.19. The van der Waals surface area contributed by atoms with Crippen LogP contribution in [-0.4, -0.2) is 41.5 Å². The third kappa shape index (κ3) is 3.60. The van der Waals surface area contributed by atoms with Crippen LogP contribution >= 0.6 is 0 Å². The number of nitrogen functional groups attached to an aromatic ring is 1. The van der Waals surface area contributed by atoms with E-state index in [1.165, 1.54) is 25.9 Å². The van der Waals surface area contributed by atoms with E-state index >= 15 is 0 Å². The average Bonchev–Trinajstić information content (AvgIpc) is 2.43. The molecule has 5 heteroatoms. The number of hydrogen-bond acceptors (Lipinski definition) is 5. The van der Waals surface area contributed by atoms with Crippen molar-refractivity contribution in [1.29, 1.82) is 0 Å². The van der Waals surface area contributed by atoms with Gasteiger partial charge in [0.15, 0.2) is 0 Å². The molecule has 1 aliphatic heterocycles. The van der Waals surface area contributed by atoms with Crippen molar-refractivity contribution in [2.24, 2.45) is 5.41 Å². The maximum Gasteiger partial charge on any atom is 0.134 e. The zero-order valence-electron chi connectivity index (χ0n) is 12.9. The van der Waals surface area contributed by atoms with Gasteiger partial charge in [-0.25, -0.2) is 9.97 Å². The van der Waals surface area contributed by atoms with Gasteiger partial charge < -0.3 is 16.0 Å². The van der Waals surface area contributed by atoms with Crippen molar-refractivity contribution in [3.63, 3.8) is 0 Å². The summed E-state index contributed by atoms with van der Waals surface area (Å²) in [6.07, 6.45) is 5.97. The SMILES string of the molecule is CCCc1c(N)ncnc1NCC1(C)CCN(C)CC1. The summed E-state index contributed by atoms with van der Waals surface area (Å²) in [4.78, 5) is 10.9. The largest absolute Gasteiger partial charge is 0.383 e. The molecular weight excluding hydrogens is 250 g/mol. The molecule has 5 nitrogen and oxygen atoms in total. The maximum atomic E-state index is 5.97. The van der Waals surface area contributed by atoms with Crippen molar-refractivity contribution in [3.8, 4) is 0 Å². The highest BCUT2D eigenvalue weighted by Crippen LogP contribution is 2.31. The Morgan fingerprint density at radius 2 is 2.05 bits per heavy atom. The first-order chi connectivity index (χ1) is 9.54. The first-order valence-electron chi connectivity index (χ1n) is 7.56. The Kier molecular flexibility index (Phi) is 4.81. The quantitative estimate of drug-likeness (QED) is 0.863. The summed E-state index contributed by atoms with van der Waals surface area (Å²) in [5.74, 6) is 1.53. The fourth-order valence-electron chi connectivity index (χ4n) is 2.71. The third-order valence-electron chi connectivity index (χ3n) is 4.36. The highest BCUT2D eigenvalue weighted by molar-refractivity contribution is 5.55. The fourth-order valence-corrected chi connectivity index (χ4v) is 2.71. The van der Waals surface area contributed by atoms with Crippen molar-refractivity contribution in [2.45, 2.75) is 39.5 Å². The molecule has 2 rings (SSSR count). The van der Waals surface area contributed by atoms with E-state index in [1.54, 1.807) is 6.33 Å². The Morgan fingerprint density at radius 1 is 1.35 bits per heavy atom. The molecule has 0 aromatic carbocycles. The van der Waals surface area contributed by atoms with Gasteiger partial charge in [-0.15, -0.1) is 0 Å². The lowest BCUT2D eigenvalue weighted by Gasteiger charge is -2.38. The smallest absolute Gasteiger partial charge is 0.134 e. The number of nitrogens with two attached hydrogens (primary N) is 1. The van der Waals surface area contributed by atoms with E-state index in [0.717, 1.165) is 30.8 Å². The highest BCUT2D eigenvalue weighted by Gasteiger charge is 2.28. The second-order valence-electron chi connectivity index (χ2n) is 6.30. The van der Waals surface area contributed by atoms with Gasteiger partial charge in [-0.2, -0.15) is 0 Å². The molecule has 0 atom stereocenters. The van der Waals surface area contributed by atoms with Crippen LogP contribution in [0.2, 0.25) is 0 Å². The molecule has 0 aliphatic carbocycles. The first kappa shape index (κ1) is 15.0. The van der Waals surface area contributed by atoms with Crippen LogP contribution in [0.15, 0.2) is 6.33 Å². The van der Waals surface area contributed by atoms with Crippen molar-refractivity contribution in [3.05, 3.63) is 11.9 Å². The van der Waals surface area contributed by atoms with Crippen LogP contribution in [0.1, 0.15) is 38.7 Å². The van der Waals surface area contributed by atoms with Crippen molar-refractivity contribution in [2.75, 3.05) is 37.7 Å². The molecule has 20 heavy (non-hydrogen) atoms. The molecule has 0 radical (unpaired) electrons. The van der Waals surface area contributed by atoms with E-state index in [1.807, 2.05) is 0 Å². The number of hydrogen-bond donors (Lipinski definition) is 2. The number of piperidine rings is 1. The Hall–Kier alpha value is -1.36. The van der Waals surface area contributed by atoms with Gasteiger partial charge >= 0.3 is 0 Å². The lowest BCUT2D eigenvalue weighted by molar-refractivity contribution is 0.150. The van der Waals surface area contributed by atoms with Crippen LogP contribution in [0.25, 0.3) is 0 Å². The van der Waals surface area contributed by atoms with Crippen LogP contribution < -0.4 is 11.1 Å². The van der Waals surface area contributed by atoms with Crippen molar-refractivity contribution in [1.82, 2.24) is 14.9 Å². The highest BCUT2D eigenvalue weighted by atomic mass is 15.1. The minimum absolute atomic E-state index is 0.343. The number of aromatic nitrogens is 2. The Balaban J connectivity index is 2.02. The molecule has 0 unspecified atom stereocenters. The van der Waals surface area contributed by atoms with Crippen LogP contribution in [0.3, 0.4) is 0 Å². The standard InChI is InChI=1S/C15H27N5/c1-4-5-12-13(16)18-11-19-14(12)17-10-15(2)6-8-20(3)9-7-15/h11H,4-10H2,1-3H3,(H3,16,17,18,19). The monoisotopic (exact) mass is 277 g/mol. The summed E-state index contributed by atoms with van der Waals surface area (Å²) >= 11 is 0. The lowest BCUT2D eigenvalue weighted by atomic mass is 9.80. The van der Waals surface area contributed by atoms with Gasteiger partial charge in [-0.05, 0) is 44.8 Å². The molecule has 1 aliphatic rings. The Labute approximate surface area is 122 Å². The number of anilines is 2. The molecule has 3 N–H and O–H groups in total. The van der Waals surface area contributed by atoms with Crippen LogP contribution in [0, 0.1) is 5.41 Å². The minimum atomic E-state index is 0.343. The number of nitrogens with one attached hydrogen (secondary N) is 1. The molecule has 112 valence electrons. The van der Waals surface area contributed by atoms with E-state index in [4.69, 9.17) is 5.73 Å². The van der Waals surface area contributed by atoms with E-state index in [-0.39, 0.29) is 0 Å². The number of rotatable bonds is 5. The third-order valence-corrected chi connectivity index (χ3v) is 4.36. The predicted octanol–water partition coefficient (Wildman–Crippen LogP) is 2.16. The van der Waals surface area contributed by atoms with Gasteiger partial charge in [-0.3, -0.25) is 0 Å². The lowest BCUT2D eigenvalue weighted by Crippen LogP contribution is -2.40. The van der Waals surface area contributed by atoms with E-state index in [9.17, 15) is 0 Å². The van der Waals surface area contributed by atoms with E-state index < -0.39 is 0 Å². The first-order valence-corrected chi connectivity index (χ1v) is 7.56. The molecule has 1 aromatic heterocycles. The number of likely N-dealkylation sites (tertiary alicyclic amines) is 1. The molecule has 0 amide bonds. The molecule has 1 saturated heterocycles. The molecular formula is C15H27N5. The van der Waals surface area contributed by atoms with Gasteiger partial charge in [0.05, 0.1) is 0 Å². The molecule has 1 fully saturated rings. The van der Waals surface area contributed by atoms with E-state index in [0.29, 0.717) is 11.2 Å². The Morgan fingerprint density at radius 3 is 2.70 bits per heavy atom. The summed E-state index contributed by atoms with van der Waals surface area (Å²) < 4.78 is 0. The molecule has 1 aromatic rings. The van der Waals surface area contributed by atoms with Gasteiger partial charge in [0.25, 0.3) is 0 Å². The van der Waals surface area contributed by atoms with Crippen LogP contribution in [0.5, 0.6) is 0 Å².